The number of rotatable bonds is 5. The van der Waals surface area contributed by atoms with Gasteiger partial charge >= 0.3 is 0 Å². The predicted molar refractivity (Wildman–Crippen MR) is 147 cm³/mol. The van der Waals surface area contributed by atoms with Gasteiger partial charge in [0.25, 0.3) is 0 Å². The second-order valence-electron chi connectivity index (χ2n) is 12.3. The molecule has 174 valence electrons. The Bertz CT molecular complexity index is 1010. The molecule has 1 aliphatic rings. The summed E-state index contributed by atoms with van der Waals surface area (Å²) in [6, 6.07) is 15.7. The molecular formula is C29H41BrOSi. The average Bonchev–Trinajstić information content (AvgIpc) is 2.68. The maximum Gasteiger partial charge on any atom is 0.192 e. The van der Waals surface area contributed by atoms with Crippen molar-refractivity contribution >= 4 is 35.9 Å². The quantitative estimate of drug-likeness (QED) is 0.286. The molecule has 2 aromatic rings. The minimum absolute atomic E-state index is 0.191. The van der Waals surface area contributed by atoms with Gasteiger partial charge in [0.15, 0.2) is 8.32 Å². The molecule has 32 heavy (non-hydrogen) atoms. The first-order valence-corrected chi connectivity index (χ1v) is 15.6. The monoisotopic (exact) mass is 512 g/mol. The fraction of sp³-hybridized carbons (Fsp3) is 0.517. The van der Waals surface area contributed by atoms with Gasteiger partial charge in [-0.05, 0) is 87.8 Å². The van der Waals surface area contributed by atoms with Gasteiger partial charge in [-0.2, -0.15) is 0 Å². The highest BCUT2D eigenvalue weighted by Crippen LogP contribution is 2.46. The van der Waals surface area contributed by atoms with Crippen molar-refractivity contribution in [2.45, 2.75) is 90.3 Å². The SMILES string of the molecule is CC1(C)CCC(C)(C)c2cc(C=C(CO[Si](C)(C)C(C)(C)C)c3cccc(Br)c3)ccc21. The van der Waals surface area contributed by atoms with Gasteiger partial charge in [-0.3, -0.25) is 0 Å². The summed E-state index contributed by atoms with van der Waals surface area (Å²) < 4.78 is 7.76. The van der Waals surface area contributed by atoms with Crippen LogP contribution in [-0.4, -0.2) is 14.9 Å². The van der Waals surface area contributed by atoms with Gasteiger partial charge in [-0.15, -0.1) is 0 Å². The first-order chi connectivity index (χ1) is 14.6. The van der Waals surface area contributed by atoms with Crippen LogP contribution in [0.4, 0.5) is 0 Å². The van der Waals surface area contributed by atoms with Crippen LogP contribution < -0.4 is 0 Å². The molecule has 0 unspecified atom stereocenters. The lowest BCUT2D eigenvalue weighted by Crippen LogP contribution is -2.41. The van der Waals surface area contributed by atoms with Crippen molar-refractivity contribution in [3.8, 4) is 0 Å². The van der Waals surface area contributed by atoms with Crippen LogP contribution in [0.3, 0.4) is 0 Å². The van der Waals surface area contributed by atoms with Crippen LogP contribution in [0.15, 0.2) is 46.9 Å². The number of halogens is 1. The number of fused-ring (bicyclic) bond motifs is 1. The Labute approximate surface area is 205 Å². The second-order valence-corrected chi connectivity index (χ2v) is 18.0. The molecule has 0 spiro atoms. The van der Waals surface area contributed by atoms with E-state index in [1.165, 1.54) is 40.7 Å². The van der Waals surface area contributed by atoms with E-state index in [1.807, 2.05) is 0 Å². The Hall–Kier alpha value is -1.16. The molecule has 0 saturated heterocycles. The van der Waals surface area contributed by atoms with E-state index in [2.05, 4.69) is 126 Å². The first kappa shape index (κ1) is 25.5. The Morgan fingerprint density at radius 1 is 0.969 bits per heavy atom. The molecule has 0 radical (unpaired) electrons. The Balaban J connectivity index is 2.05. The lowest BCUT2D eigenvalue weighted by Gasteiger charge is -2.42. The molecule has 3 rings (SSSR count). The van der Waals surface area contributed by atoms with E-state index in [4.69, 9.17) is 4.43 Å². The van der Waals surface area contributed by atoms with Crippen LogP contribution in [-0.2, 0) is 15.3 Å². The zero-order chi connectivity index (χ0) is 23.9. The van der Waals surface area contributed by atoms with Crippen LogP contribution in [0.5, 0.6) is 0 Å². The predicted octanol–water partition coefficient (Wildman–Crippen LogP) is 9.36. The molecule has 0 atom stereocenters. The fourth-order valence-corrected chi connectivity index (χ4v) is 5.62. The molecular weight excluding hydrogens is 472 g/mol. The van der Waals surface area contributed by atoms with Crippen LogP contribution >= 0.6 is 15.9 Å². The average molecular weight is 514 g/mol. The van der Waals surface area contributed by atoms with Crippen LogP contribution in [0.1, 0.15) is 83.6 Å². The summed E-state index contributed by atoms with van der Waals surface area (Å²) in [6.07, 6.45) is 4.81. The zero-order valence-corrected chi connectivity index (χ0v) is 24.1. The molecule has 2 aromatic carbocycles. The molecule has 0 aromatic heterocycles. The first-order valence-electron chi connectivity index (χ1n) is 11.9. The van der Waals surface area contributed by atoms with Gasteiger partial charge in [0.05, 0.1) is 6.61 Å². The maximum absolute atomic E-state index is 6.66. The lowest BCUT2D eigenvalue weighted by molar-refractivity contribution is 0.332. The summed E-state index contributed by atoms with van der Waals surface area (Å²) in [4.78, 5) is 0. The van der Waals surface area contributed by atoms with Gasteiger partial charge in [-0.1, -0.05) is 94.7 Å². The van der Waals surface area contributed by atoms with E-state index in [-0.39, 0.29) is 15.9 Å². The van der Waals surface area contributed by atoms with Crippen LogP contribution in [0, 0.1) is 0 Å². The highest BCUT2D eigenvalue weighted by atomic mass is 79.9. The maximum atomic E-state index is 6.66. The van der Waals surface area contributed by atoms with E-state index in [0.717, 1.165) is 4.47 Å². The summed E-state index contributed by atoms with van der Waals surface area (Å²) in [5, 5.41) is 0.191. The molecule has 0 saturated carbocycles. The molecule has 0 amide bonds. The van der Waals surface area contributed by atoms with E-state index in [0.29, 0.717) is 6.61 Å². The van der Waals surface area contributed by atoms with Crippen molar-refractivity contribution in [1.82, 2.24) is 0 Å². The van der Waals surface area contributed by atoms with Gasteiger partial charge < -0.3 is 4.43 Å². The molecule has 0 heterocycles. The summed E-state index contributed by atoms with van der Waals surface area (Å²) >= 11 is 3.66. The normalized spacial score (nSPS) is 18.4. The van der Waals surface area contributed by atoms with Crippen molar-refractivity contribution in [3.05, 3.63) is 69.2 Å². The van der Waals surface area contributed by atoms with E-state index < -0.39 is 8.32 Å². The largest absolute Gasteiger partial charge is 0.413 e. The molecule has 0 aliphatic heterocycles. The van der Waals surface area contributed by atoms with Gasteiger partial charge in [0, 0.05) is 4.47 Å². The van der Waals surface area contributed by atoms with E-state index in [1.54, 1.807) is 0 Å². The van der Waals surface area contributed by atoms with Crippen LogP contribution in [0.2, 0.25) is 18.1 Å². The highest BCUT2D eigenvalue weighted by Gasteiger charge is 2.38. The summed E-state index contributed by atoms with van der Waals surface area (Å²) in [5.74, 6) is 0. The molecule has 0 fully saturated rings. The summed E-state index contributed by atoms with van der Waals surface area (Å²) in [5.41, 5.74) is 7.19. The topological polar surface area (TPSA) is 9.23 Å². The summed E-state index contributed by atoms with van der Waals surface area (Å²) in [7, 11) is -1.85. The Morgan fingerprint density at radius 3 is 2.19 bits per heavy atom. The van der Waals surface area contributed by atoms with Crippen molar-refractivity contribution in [3.63, 3.8) is 0 Å². The van der Waals surface area contributed by atoms with Crippen molar-refractivity contribution < 1.29 is 4.43 Å². The van der Waals surface area contributed by atoms with Crippen molar-refractivity contribution in [2.75, 3.05) is 6.61 Å². The highest BCUT2D eigenvalue weighted by molar-refractivity contribution is 9.10. The Kier molecular flexibility index (Phi) is 7.07. The molecule has 1 nitrogen and oxygen atoms in total. The number of hydrogen-bond donors (Lipinski definition) is 0. The third-order valence-corrected chi connectivity index (χ3v) is 12.8. The zero-order valence-electron chi connectivity index (χ0n) is 21.5. The van der Waals surface area contributed by atoms with Gasteiger partial charge in [0.2, 0.25) is 0 Å². The number of hydrogen-bond acceptors (Lipinski definition) is 1. The van der Waals surface area contributed by atoms with E-state index >= 15 is 0 Å². The standard InChI is InChI=1S/C29H41BrOSi/c1-27(2,3)32(8,9)31-20-23(22-11-10-12-24(30)19-22)17-21-13-14-25-26(18-21)29(6,7)16-15-28(25,4)5/h10-14,17-19H,15-16,20H2,1-9H3. The molecule has 3 heteroatoms. The minimum atomic E-state index is -1.85. The van der Waals surface area contributed by atoms with Gasteiger partial charge in [0.1, 0.15) is 0 Å². The van der Waals surface area contributed by atoms with Crippen molar-refractivity contribution in [2.24, 2.45) is 0 Å². The number of benzene rings is 2. The van der Waals surface area contributed by atoms with Gasteiger partial charge in [-0.25, -0.2) is 0 Å². The second kappa shape index (κ2) is 8.89. The minimum Gasteiger partial charge on any atom is -0.413 e. The molecule has 0 bridgehead atoms. The van der Waals surface area contributed by atoms with E-state index in [9.17, 15) is 0 Å². The third-order valence-electron chi connectivity index (χ3n) is 7.81. The molecule has 0 N–H and O–H groups in total. The van der Waals surface area contributed by atoms with Crippen LogP contribution in [0.25, 0.3) is 11.6 Å². The third kappa shape index (κ3) is 5.48. The Morgan fingerprint density at radius 2 is 1.59 bits per heavy atom. The lowest BCUT2D eigenvalue weighted by atomic mass is 9.63. The molecule has 1 aliphatic carbocycles. The summed E-state index contributed by atoms with van der Waals surface area (Å²) in [6.45, 7) is 21.8. The fourth-order valence-electron chi connectivity index (χ4n) is 4.27. The smallest absolute Gasteiger partial charge is 0.192 e. The van der Waals surface area contributed by atoms with Crippen molar-refractivity contribution in [1.29, 1.82) is 0 Å².